The van der Waals surface area contributed by atoms with Crippen LogP contribution in [-0.2, 0) is 0 Å². The van der Waals surface area contributed by atoms with Crippen molar-refractivity contribution in [3.63, 3.8) is 0 Å². The molecule has 0 radical (unpaired) electrons. The number of carbonyl (C=O) groups excluding carboxylic acids is 1. The fourth-order valence-corrected chi connectivity index (χ4v) is 3.84. The van der Waals surface area contributed by atoms with Crippen LogP contribution in [0.5, 0.6) is 0 Å². The number of ketones is 1. The summed E-state index contributed by atoms with van der Waals surface area (Å²) in [4.78, 5) is 12.3. The SMILES string of the molecule is CC(=O)c1ccc(Sc2cc(Br)cs2)cc1. The molecule has 0 saturated heterocycles. The zero-order valence-corrected chi connectivity index (χ0v) is 11.8. The summed E-state index contributed by atoms with van der Waals surface area (Å²) in [5, 5.41) is 2.06. The van der Waals surface area contributed by atoms with E-state index in [1.54, 1.807) is 30.0 Å². The van der Waals surface area contributed by atoms with E-state index in [0.717, 1.165) is 14.9 Å². The molecular formula is C12H9BrOS2. The molecule has 0 fully saturated rings. The van der Waals surface area contributed by atoms with E-state index in [1.165, 1.54) is 4.21 Å². The van der Waals surface area contributed by atoms with Gasteiger partial charge in [0.15, 0.2) is 5.78 Å². The monoisotopic (exact) mass is 312 g/mol. The Kier molecular flexibility index (Phi) is 3.84. The second kappa shape index (κ2) is 5.17. The lowest BCUT2D eigenvalue weighted by atomic mass is 10.2. The highest BCUT2D eigenvalue weighted by Gasteiger charge is 2.02. The first kappa shape index (κ1) is 11.9. The normalized spacial score (nSPS) is 10.4. The quantitative estimate of drug-likeness (QED) is 0.752. The number of hydrogen-bond acceptors (Lipinski definition) is 3. The molecule has 0 spiro atoms. The second-order valence-corrected chi connectivity index (χ2v) is 6.47. The maximum Gasteiger partial charge on any atom is 0.159 e. The summed E-state index contributed by atoms with van der Waals surface area (Å²) in [5.41, 5.74) is 0.761. The Balaban J connectivity index is 2.14. The van der Waals surface area contributed by atoms with E-state index in [0.29, 0.717) is 0 Å². The first-order valence-corrected chi connectivity index (χ1v) is 7.17. The Bertz CT molecular complexity index is 502. The molecule has 1 aromatic carbocycles. The summed E-state index contributed by atoms with van der Waals surface area (Å²) in [6.45, 7) is 1.58. The smallest absolute Gasteiger partial charge is 0.159 e. The minimum absolute atomic E-state index is 0.107. The summed E-state index contributed by atoms with van der Waals surface area (Å²) >= 11 is 6.84. The van der Waals surface area contributed by atoms with Crippen LogP contribution in [0.3, 0.4) is 0 Å². The van der Waals surface area contributed by atoms with Crippen molar-refractivity contribution in [2.24, 2.45) is 0 Å². The van der Waals surface area contributed by atoms with Crippen LogP contribution in [0.1, 0.15) is 17.3 Å². The highest BCUT2D eigenvalue weighted by atomic mass is 79.9. The Labute approximate surface area is 111 Å². The average molecular weight is 313 g/mol. The number of halogens is 1. The van der Waals surface area contributed by atoms with Gasteiger partial charge in [-0.05, 0) is 41.1 Å². The van der Waals surface area contributed by atoms with E-state index in [2.05, 4.69) is 27.4 Å². The van der Waals surface area contributed by atoms with Gasteiger partial charge in [-0.1, -0.05) is 23.9 Å². The maximum absolute atomic E-state index is 11.1. The minimum Gasteiger partial charge on any atom is -0.295 e. The van der Waals surface area contributed by atoms with Gasteiger partial charge in [0.2, 0.25) is 0 Å². The predicted octanol–water partition coefficient (Wildman–Crippen LogP) is 4.86. The molecule has 1 aromatic heterocycles. The molecule has 0 unspecified atom stereocenters. The summed E-state index contributed by atoms with van der Waals surface area (Å²) < 4.78 is 2.35. The Morgan fingerprint density at radius 2 is 2.00 bits per heavy atom. The lowest BCUT2D eigenvalue weighted by Crippen LogP contribution is -1.89. The van der Waals surface area contributed by atoms with E-state index in [1.807, 2.05) is 24.3 Å². The number of Topliss-reactive ketones (excluding diaryl/α,β-unsaturated/α-hetero) is 1. The van der Waals surface area contributed by atoms with Crippen molar-refractivity contribution in [1.82, 2.24) is 0 Å². The van der Waals surface area contributed by atoms with Gasteiger partial charge in [0.05, 0.1) is 4.21 Å². The molecular weight excluding hydrogens is 304 g/mol. The zero-order valence-electron chi connectivity index (χ0n) is 8.57. The summed E-state index contributed by atoms with van der Waals surface area (Å²) in [5.74, 6) is 0.107. The summed E-state index contributed by atoms with van der Waals surface area (Å²) in [7, 11) is 0. The molecule has 0 atom stereocenters. The number of thiophene rings is 1. The number of carbonyl (C=O) groups is 1. The second-order valence-electron chi connectivity index (χ2n) is 3.27. The van der Waals surface area contributed by atoms with Crippen molar-refractivity contribution in [2.45, 2.75) is 16.0 Å². The molecule has 2 rings (SSSR count). The molecule has 0 bridgehead atoms. The molecule has 82 valence electrons. The van der Waals surface area contributed by atoms with Gasteiger partial charge in [-0.25, -0.2) is 0 Å². The highest BCUT2D eigenvalue weighted by molar-refractivity contribution is 9.10. The van der Waals surface area contributed by atoms with E-state index in [4.69, 9.17) is 0 Å². The lowest BCUT2D eigenvalue weighted by molar-refractivity contribution is 0.101. The Morgan fingerprint density at radius 1 is 1.31 bits per heavy atom. The first-order valence-electron chi connectivity index (χ1n) is 4.68. The van der Waals surface area contributed by atoms with Crippen LogP contribution < -0.4 is 0 Å². The molecule has 0 amide bonds. The topological polar surface area (TPSA) is 17.1 Å². The van der Waals surface area contributed by atoms with Gasteiger partial charge in [-0.15, -0.1) is 11.3 Å². The Hall–Kier alpha value is -0.580. The largest absolute Gasteiger partial charge is 0.295 e. The molecule has 0 saturated carbocycles. The zero-order chi connectivity index (χ0) is 11.5. The van der Waals surface area contributed by atoms with Crippen molar-refractivity contribution in [2.75, 3.05) is 0 Å². The predicted molar refractivity (Wildman–Crippen MR) is 72.6 cm³/mol. The number of rotatable bonds is 3. The van der Waals surface area contributed by atoms with Crippen LogP contribution in [0.4, 0.5) is 0 Å². The highest BCUT2D eigenvalue weighted by Crippen LogP contribution is 2.34. The molecule has 16 heavy (non-hydrogen) atoms. The van der Waals surface area contributed by atoms with Gasteiger partial charge in [0, 0.05) is 20.3 Å². The van der Waals surface area contributed by atoms with Gasteiger partial charge in [0.25, 0.3) is 0 Å². The molecule has 1 nitrogen and oxygen atoms in total. The van der Waals surface area contributed by atoms with Gasteiger partial charge in [-0.3, -0.25) is 4.79 Å². The van der Waals surface area contributed by atoms with Crippen molar-refractivity contribution in [3.8, 4) is 0 Å². The number of hydrogen-bond donors (Lipinski definition) is 0. The van der Waals surface area contributed by atoms with Crippen LogP contribution in [0, 0.1) is 0 Å². The van der Waals surface area contributed by atoms with Crippen LogP contribution in [0.2, 0.25) is 0 Å². The summed E-state index contributed by atoms with van der Waals surface area (Å²) in [6.07, 6.45) is 0. The third-order valence-electron chi connectivity index (χ3n) is 2.02. The lowest BCUT2D eigenvalue weighted by Gasteiger charge is -1.99. The molecule has 0 aliphatic carbocycles. The van der Waals surface area contributed by atoms with E-state index < -0.39 is 0 Å². The van der Waals surface area contributed by atoms with Gasteiger partial charge >= 0.3 is 0 Å². The fraction of sp³-hybridized carbons (Fsp3) is 0.0833. The maximum atomic E-state index is 11.1. The Morgan fingerprint density at radius 3 is 2.50 bits per heavy atom. The van der Waals surface area contributed by atoms with Crippen molar-refractivity contribution >= 4 is 44.8 Å². The van der Waals surface area contributed by atoms with Crippen LogP contribution in [0.15, 0.2) is 49.3 Å². The van der Waals surface area contributed by atoms with Crippen molar-refractivity contribution in [1.29, 1.82) is 0 Å². The third-order valence-corrected chi connectivity index (χ3v) is 4.87. The third kappa shape index (κ3) is 2.97. The molecule has 0 aliphatic heterocycles. The van der Waals surface area contributed by atoms with Crippen molar-refractivity contribution < 1.29 is 4.79 Å². The molecule has 0 aliphatic rings. The average Bonchev–Trinajstić information content (AvgIpc) is 2.65. The standard InChI is InChI=1S/C12H9BrOS2/c1-8(14)9-2-4-11(5-3-9)16-12-6-10(13)7-15-12/h2-7H,1H3. The van der Waals surface area contributed by atoms with Gasteiger partial charge in [0.1, 0.15) is 0 Å². The van der Waals surface area contributed by atoms with Crippen LogP contribution >= 0.6 is 39.0 Å². The van der Waals surface area contributed by atoms with E-state index in [-0.39, 0.29) is 5.78 Å². The van der Waals surface area contributed by atoms with Gasteiger partial charge < -0.3 is 0 Å². The minimum atomic E-state index is 0.107. The van der Waals surface area contributed by atoms with Gasteiger partial charge in [-0.2, -0.15) is 0 Å². The van der Waals surface area contributed by atoms with Crippen molar-refractivity contribution in [3.05, 3.63) is 45.7 Å². The van der Waals surface area contributed by atoms with E-state index in [9.17, 15) is 4.79 Å². The van der Waals surface area contributed by atoms with Crippen LogP contribution in [0.25, 0.3) is 0 Å². The van der Waals surface area contributed by atoms with Crippen LogP contribution in [-0.4, -0.2) is 5.78 Å². The molecule has 1 heterocycles. The molecule has 4 heteroatoms. The van der Waals surface area contributed by atoms with E-state index >= 15 is 0 Å². The number of benzene rings is 1. The first-order chi connectivity index (χ1) is 7.65. The fourth-order valence-electron chi connectivity index (χ4n) is 1.22. The summed E-state index contributed by atoms with van der Waals surface area (Å²) in [6, 6.07) is 9.79. The molecule has 0 N–H and O–H groups in total. The molecule has 2 aromatic rings.